The number of aliphatic carboxylic acids is 1. The summed E-state index contributed by atoms with van der Waals surface area (Å²) in [6.45, 7) is 12.4. The van der Waals surface area contributed by atoms with Gasteiger partial charge in [-0.25, -0.2) is 4.79 Å². The largest absolute Gasteiger partial charge is 0.481 e. The smallest absolute Gasteiger partial charge is 0.410 e. The zero-order valence-electron chi connectivity index (χ0n) is 22.9. The number of nitrogens with zero attached hydrogens (tertiary/aromatic N) is 1. The van der Waals surface area contributed by atoms with Crippen LogP contribution in [0.3, 0.4) is 0 Å². The van der Waals surface area contributed by atoms with Crippen LogP contribution in [0.5, 0.6) is 0 Å². The molecule has 0 spiro atoms. The Kier molecular flexibility index (Phi) is 8.56. The van der Waals surface area contributed by atoms with Crippen molar-refractivity contribution in [3.05, 3.63) is 60.7 Å². The SMILES string of the molecule is CC(C)(C)OC(=O)N1CCC(O)(CC(=O)O)C(CO[Si](c2ccccc2)(c2ccccc2)C(C)(C)C)C1. The number of carbonyl (C=O) groups is 2. The van der Waals surface area contributed by atoms with Crippen LogP contribution in [0.15, 0.2) is 60.7 Å². The average Bonchev–Trinajstić information content (AvgIpc) is 2.79. The molecule has 2 aromatic carbocycles. The number of rotatable bonds is 7. The van der Waals surface area contributed by atoms with Crippen LogP contribution in [0.1, 0.15) is 54.4 Å². The minimum atomic E-state index is -2.92. The van der Waals surface area contributed by atoms with Crippen molar-refractivity contribution >= 4 is 30.8 Å². The molecule has 0 bridgehead atoms. The van der Waals surface area contributed by atoms with Crippen LogP contribution in [-0.2, 0) is 14.0 Å². The van der Waals surface area contributed by atoms with Crippen molar-refractivity contribution in [1.82, 2.24) is 4.90 Å². The molecule has 2 atom stereocenters. The fourth-order valence-corrected chi connectivity index (χ4v) is 9.85. The second-order valence-corrected chi connectivity index (χ2v) is 16.3. The monoisotopic (exact) mass is 527 g/mol. The number of ether oxygens (including phenoxy) is 1. The van der Waals surface area contributed by atoms with E-state index in [-0.39, 0.29) is 31.2 Å². The summed E-state index contributed by atoms with van der Waals surface area (Å²) in [7, 11) is -2.92. The first-order valence-corrected chi connectivity index (χ1v) is 14.8. The maximum absolute atomic E-state index is 12.9. The van der Waals surface area contributed by atoms with Gasteiger partial charge in [-0.2, -0.15) is 0 Å². The molecule has 1 saturated heterocycles. The molecule has 1 heterocycles. The van der Waals surface area contributed by atoms with E-state index in [1.807, 2.05) is 36.4 Å². The highest BCUT2D eigenvalue weighted by molar-refractivity contribution is 6.99. The fourth-order valence-electron chi connectivity index (χ4n) is 5.24. The number of amides is 1. The van der Waals surface area contributed by atoms with Gasteiger partial charge in [-0.3, -0.25) is 4.79 Å². The maximum Gasteiger partial charge on any atom is 0.410 e. The molecular weight excluding hydrogens is 486 g/mol. The van der Waals surface area contributed by atoms with Crippen LogP contribution in [-0.4, -0.2) is 66.4 Å². The third kappa shape index (κ3) is 6.61. The topological polar surface area (TPSA) is 96.3 Å². The van der Waals surface area contributed by atoms with E-state index in [0.29, 0.717) is 0 Å². The van der Waals surface area contributed by atoms with Crippen molar-refractivity contribution in [2.24, 2.45) is 5.92 Å². The van der Waals surface area contributed by atoms with E-state index >= 15 is 0 Å². The molecule has 1 aliphatic rings. The van der Waals surface area contributed by atoms with E-state index in [2.05, 4.69) is 45.0 Å². The average molecular weight is 528 g/mol. The van der Waals surface area contributed by atoms with E-state index in [0.717, 1.165) is 10.4 Å². The van der Waals surface area contributed by atoms with E-state index in [4.69, 9.17) is 9.16 Å². The summed E-state index contributed by atoms with van der Waals surface area (Å²) in [5, 5.41) is 23.1. The summed E-state index contributed by atoms with van der Waals surface area (Å²) in [4.78, 5) is 26.2. The van der Waals surface area contributed by atoms with Gasteiger partial charge in [-0.1, -0.05) is 81.4 Å². The van der Waals surface area contributed by atoms with Gasteiger partial charge < -0.3 is 24.3 Å². The lowest BCUT2D eigenvalue weighted by Crippen LogP contribution is -2.68. The molecule has 37 heavy (non-hydrogen) atoms. The molecule has 2 aromatic rings. The van der Waals surface area contributed by atoms with Gasteiger partial charge in [0.05, 0.1) is 12.0 Å². The Morgan fingerprint density at radius 2 is 1.49 bits per heavy atom. The molecule has 0 radical (unpaired) electrons. The molecule has 2 N–H and O–H groups in total. The lowest BCUT2D eigenvalue weighted by Gasteiger charge is -2.47. The first-order valence-electron chi connectivity index (χ1n) is 12.8. The number of piperidine rings is 1. The highest BCUT2D eigenvalue weighted by Crippen LogP contribution is 2.39. The Morgan fingerprint density at radius 1 is 0.973 bits per heavy atom. The number of aliphatic hydroxyl groups is 1. The lowest BCUT2D eigenvalue weighted by molar-refractivity contribution is -0.150. The number of likely N-dealkylation sites (tertiary alicyclic amines) is 1. The van der Waals surface area contributed by atoms with Crippen LogP contribution in [0.25, 0.3) is 0 Å². The van der Waals surface area contributed by atoms with Crippen LogP contribution < -0.4 is 10.4 Å². The maximum atomic E-state index is 12.9. The van der Waals surface area contributed by atoms with Gasteiger partial charge in [0.15, 0.2) is 0 Å². The quantitative estimate of drug-likeness (QED) is 0.528. The van der Waals surface area contributed by atoms with Crippen LogP contribution in [0.2, 0.25) is 5.04 Å². The Balaban J connectivity index is 2.01. The van der Waals surface area contributed by atoms with Crippen molar-refractivity contribution in [1.29, 1.82) is 0 Å². The van der Waals surface area contributed by atoms with Gasteiger partial charge >= 0.3 is 12.1 Å². The molecule has 7 nitrogen and oxygen atoms in total. The summed E-state index contributed by atoms with van der Waals surface area (Å²) in [6.07, 6.45) is -0.752. The lowest BCUT2D eigenvalue weighted by atomic mass is 9.79. The van der Waals surface area contributed by atoms with E-state index in [1.165, 1.54) is 0 Å². The van der Waals surface area contributed by atoms with Gasteiger partial charge in [0.2, 0.25) is 0 Å². The Labute approximate surface area is 221 Å². The number of benzene rings is 2. The van der Waals surface area contributed by atoms with Crippen molar-refractivity contribution < 1.29 is 29.0 Å². The minimum Gasteiger partial charge on any atom is -0.481 e. The number of carbonyl (C=O) groups excluding carboxylic acids is 1. The number of hydrogen-bond donors (Lipinski definition) is 2. The third-order valence-electron chi connectivity index (χ3n) is 7.04. The van der Waals surface area contributed by atoms with Crippen molar-refractivity contribution in [3.63, 3.8) is 0 Å². The Hall–Kier alpha value is -2.68. The molecule has 1 amide bonds. The molecule has 202 valence electrons. The zero-order chi connectivity index (χ0) is 27.5. The standard InChI is InChI=1S/C29H41NO6Si/c1-27(2,3)36-26(33)30-18-17-29(34,19-25(31)32)22(20-30)21-35-37(28(4,5)6,23-13-9-7-10-14-23)24-15-11-8-12-16-24/h7-16,22,34H,17-21H2,1-6H3,(H,31,32). The Morgan fingerprint density at radius 3 is 1.92 bits per heavy atom. The molecule has 1 aliphatic heterocycles. The molecular formula is C29H41NO6Si. The second kappa shape index (κ2) is 11.0. The van der Waals surface area contributed by atoms with Gasteiger partial charge in [0.25, 0.3) is 8.32 Å². The van der Waals surface area contributed by atoms with E-state index in [1.54, 1.807) is 25.7 Å². The highest BCUT2D eigenvalue weighted by atomic mass is 28.4. The summed E-state index contributed by atoms with van der Waals surface area (Å²) in [6, 6.07) is 20.3. The van der Waals surface area contributed by atoms with Crippen LogP contribution >= 0.6 is 0 Å². The first-order chi connectivity index (χ1) is 17.2. The van der Waals surface area contributed by atoms with Crippen molar-refractivity contribution in [2.75, 3.05) is 19.7 Å². The summed E-state index contributed by atoms with van der Waals surface area (Å²) in [5.41, 5.74) is -2.16. The Bertz CT molecular complexity index is 1020. The first kappa shape index (κ1) is 28.9. The number of carboxylic acids is 1. The fraction of sp³-hybridized carbons (Fsp3) is 0.517. The zero-order valence-corrected chi connectivity index (χ0v) is 23.9. The predicted molar refractivity (Wildman–Crippen MR) is 147 cm³/mol. The van der Waals surface area contributed by atoms with Crippen molar-refractivity contribution in [2.45, 2.75) is 70.6 Å². The highest BCUT2D eigenvalue weighted by Gasteiger charge is 2.52. The molecule has 8 heteroatoms. The number of carboxylic acid groups (broad SMARTS) is 1. The molecule has 0 saturated carbocycles. The van der Waals surface area contributed by atoms with Gasteiger partial charge in [0.1, 0.15) is 5.60 Å². The van der Waals surface area contributed by atoms with Crippen LogP contribution in [0.4, 0.5) is 4.79 Å². The molecule has 3 rings (SSSR count). The van der Waals surface area contributed by atoms with E-state index in [9.17, 15) is 19.8 Å². The van der Waals surface area contributed by atoms with Crippen LogP contribution in [0, 0.1) is 5.92 Å². The molecule has 0 aliphatic carbocycles. The van der Waals surface area contributed by atoms with Gasteiger partial charge in [-0.15, -0.1) is 0 Å². The summed E-state index contributed by atoms with van der Waals surface area (Å²) in [5.74, 6) is -1.69. The molecule has 1 fully saturated rings. The minimum absolute atomic E-state index is 0.107. The van der Waals surface area contributed by atoms with E-state index < -0.39 is 43.9 Å². The van der Waals surface area contributed by atoms with Gasteiger partial charge in [-0.05, 0) is 42.6 Å². The molecule has 2 unspecified atom stereocenters. The third-order valence-corrected chi connectivity index (χ3v) is 12.0. The normalized spacial score (nSPS) is 20.9. The summed E-state index contributed by atoms with van der Waals surface area (Å²) >= 11 is 0. The summed E-state index contributed by atoms with van der Waals surface area (Å²) < 4.78 is 12.6. The predicted octanol–water partition coefficient (Wildman–Crippen LogP) is 4.03. The van der Waals surface area contributed by atoms with Gasteiger partial charge in [0, 0.05) is 25.6 Å². The van der Waals surface area contributed by atoms with Crippen molar-refractivity contribution in [3.8, 4) is 0 Å². The molecule has 0 aromatic heterocycles. The second-order valence-electron chi connectivity index (χ2n) is 12.0. The number of hydrogen-bond acceptors (Lipinski definition) is 5.